The van der Waals surface area contributed by atoms with E-state index in [1.807, 2.05) is 6.07 Å². The fourth-order valence-corrected chi connectivity index (χ4v) is 3.41. The lowest BCUT2D eigenvalue weighted by molar-refractivity contribution is -0.100. The minimum atomic E-state index is -0.262. The molecule has 0 radical (unpaired) electrons. The van der Waals surface area contributed by atoms with E-state index in [9.17, 15) is 0 Å². The van der Waals surface area contributed by atoms with Crippen molar-refractivity contribution in [2.75, 3.05) is 13.2 Å². The van der Waals surface area contributed by atoms with Gasteiger partial charge in [-0.05, 0) is 44.9 Å². The molecule has 0 unspecified atom stereocenters. The van der Waals surface area contributed by atoms with E-state index in [1.54, 1.807) is 0 Å². The predicted octanol–water partition coefficient (Wildman–Crippen LogP) is 4.09. The number of rotatable bonds is 2. The Balaban J connectivity index is 2.02. The molecule has 0 saturated carbocycles. The molecule has 21 heavy (non-hydrogen) atoms. The molecule has 2 heterocycles. The zero-order chi connectivity index (χ0) is 15.1. The average molecular weight is 288 g/mol. The Morgan fingerprint density at radius 1 is 1.00 bits per heavy atom. The van der Waals surface area contributed by atoms with Crippen LogP contribution in [0.5, 0.6) is 0 Å². The third kappa shape index (κ3) is 3.20. The molecule has 114 valence electrons. The van der Waals surface area contributed by atoms with Crippen LogP contribution in [0.15, 0.2) is 30.3 Å². The van der Waals surface area contributed by atoms with E-state index in [1.165, 1.54) is 11.1 Å². The van der Waals surface area contributed by atoms with Crippen LogP contribution in [-0.2, 0) is 14.2 Å². The summed E-state index contributed by atoms with van der Waals surface area (Å²) >= 11 is 0. The van der Waals surface area contributed by atoms with Crippen LogP contribution < -0.4 is 0 Å². The molecular formula is C18H24O3. The van der Waals surface area contributed by atoms with E-state index in [2.05, 4.69) is 52.0 Å². The standard InChI is InChI=1S/C18H24O3/c1-17(2)11-13(12-18(3,4)21-17)14-7-5-6-8-15(14)16-19-9-10-20-16/h5-8,11,16H,9-10,12H2,1-4H3. The molecule has 0 aromatic heterocycles. The molecule has 0 N–H and O–H groups in total. The molecule has 3 heteroatoms. The maximum atomic E-state index is 6.14. The van der Waals surface area contributed by atoms with Crippen LogP contribution in [0.2, 0.25) is 0 Å². The van der Waals surface area contributed by atoms with Gasteiger partial charge in [-0.25, -0.2) is 0 Å². The summed E-state index contributed by atoms with van der Waals surface area (Å²) < 4.78 is 17.5. The Morgan fingerprint density at radius 2 is 1.67 bits per heavy atom. The summed E-state index contributed by atoms with van der Waals surface area (Å²) in [5, 5.41) is 0. The van der Waals surface area contributed by atoms with Crippen LogP contribution in [0.3, 0.4) is 0 Å². The molecule has 1 fully saturated rings. The van der Waals surface area contributed by atoms with Crippen molar-refractivity contribution < 1.29 is 14.2 Å². The first-order valence-electron chi connectivity index (χ1n) is 7.61. The third-order valence-corrected chi connectivity index (χ3v) is 3.86. The zero-order valence-corrected chi connectivity index (χ0v) is 13.3. The smallest absolute Gasteiger partial charge is 0.184 e. The molecule has 3 rings (SSSR count). The molecule has 1 aromatic carbocycles. The second kappa shape index (κ2) is 5.24. The number of hydrogen-bond donors (Lipinski definition) is 0. The van der Waals surface area contributed by atoms with E-state index < -0.39 is 0 Å². The highest BCUT2D eigenvalue weighted by Gasteiger charge is 2.35. The van der Waals surface area contributed by atoms with Crippen molar-refractivity contribution in [1.82, 2.24) is 0 Å². The SMILES string of the molecule is CC1(C)C=C(c2ccccc2C2OCCO2)CC(C)(C)O1. The molecule has 0 atom stereocenters. The largest absolute Gasteiger partial charge is 0.365 e. The monoisotopic (exact) mass is 288 g/mol. The maximum Gasteiger partial charge on any atom is 0.184 e. The van der Waals surface area contributed by atoms with E-state index in [4.69, 9.17) is 14.2 Å². The van der Waals surface area contributed by atoms with Crippen molar-refractivity contribution in [2.45, 2.75) is 51.6 Å². The summed E-state index contributed by atoms with van der Waals surface area (Å²) in [5.74, 6) is 0. The van der Waals surface area contributed by atoms with Gasteiger partial charge in [0, 0.05) is 12.0 Å². The quantitative estimate of drug-likeness (QED) is 0.820. The first-order valence-corrected chi connectivity index (χ1v) is 7.61. The van der Waals surface area contributed by atoms with Crippen LogP contribution in [0.25, 0.3) is 5.57 Å². The highest BCUT2D eigenvalue weighted by molar-refractivity contribution is 5.71. The Labute approximate surface area is 126 Å². The van der Waals surface area contributed by atoms with Gasteiger partial charge >= 0.3 is 0 Å². The van der Waals surface area contributed by atoms with Gasteiger partial charge in [-0.2, -0.15) is 0 Å². The molecule has 0 bridgehead atoms. The fraction of sp³-hybridized carbons (Fsp3) is 0.556. The van der Waals surface area contributed by atoms with Crippen molar-refractivity contribution in [2.24, 2.45) is 0 Å². The topological polar surface area (TPSA) is 27.7 Å². The second-order valence-corrected chi connectivity index (χ2v) is 6.97. The van der Waals surface area contributed by atoms with E-state index in [0.717, 1.165) is 12.0 Å². The minimum Gasteiger partial charge on any atom is -0.365 e. The van der Waals surface area contributed by atoms with Gasteiger partial charge in [0.25, 0.3) is 0 Å². The normalized spacial score (nSPS) is 24.9. The van der Waals surface area contributed by atoms with E-state index >= 15 is 0 Å². The van der Waals surface area contributed by atoms with Gasteiger partial charge in [0.2, 0.25) is 0 Å². The van der Waals surface area contributed by atoms with Crippen LogP contribution >= 0.6 is 0 Å². The molecule has 2 aliphatic rings. The van der Waals surface area contributed by atoms with Crippen molar-refractivity contribution in [3.05, 3.63) is 41.5 Å². The van der Waals surface area contributed by atoms with Gasteiger partial charge in [0.05, 0.1) is 24.4 Å². The van der Waals surface area contributed by atoms with Crippen molar-refractivity contribution >= 4 is 5.57 Å². The number of hydrogen-bond acceptors (Lipinski definition) is 3. The van der Waals surface area contributed by atoms with Gasteiger partial charge in [0.15, 0.2) is 6.29 Å². The molecule has 1 aromatic rings. The zero-order valence-electron chi connectivity index (χ0n) is 13.3. The van der Waals surface area contributed by atoms with Gasteiger partial charge in [-0.1, -0.05) is 24.3 Å². The lowest BCUT2D eigenvalue weighted by Gasteiger charge is -2.40. The number of ether oxygens (including phenoxy) is 3. The summed E-state index contributed by atoms with van der Waals surface area (Å²) in [6.07, 6.45) is 2.88. The maximum absolute atomic E-state index is 6.14. The van der Waals surface area contributed by atoms with Crippen molar-refractivity contribution in [3.63, 3.8) is 0 Å². The second-order valence-electron chi connectivity index (χ2n) is 6.97. The van der Waals surface area contributed by atoms with Crippen LogP contribution in [0.4, 0.5) is 0 Å². The molecule has 0 amide bonds. The van der Waals surface area contributed by atoms with Crippen molar-refractivity contribution in [1.29, 1.82) is 0 Å². The lowest BCUT2D eigenvalue weighted by Crippen LogP contribution is -2.39. The summed E-state index contributed by atoms with van der Waals surface area (Å²) in [6.45, 7) is 9.84. The number of benzene rings is 1. The van der Waals surface area contributed by atoms with Gasteiger partial charge in [-0.3, -0.25) is 0 Å². The molecule has 0 spiro atoms. The van der Waals surface area contributed by atoms with E-state index in [0.29, 0.717) is 13.2 Å². The predicted molar refractivity (Wildman–Crippen MR) is 82.9 cm³/mol. The van der Waals surface area contributed by atoms with E-state index in [-0.39, 0.29) is 17.5 Å². The Morgan fingerprint density at radius 3 is 2.33 bits per heavy atom. The molecule has 3 nitrogen and oxygen atoms in total. The Bertz CT molecular complexity index is 551. The summed E-state index contributed by atoms with van der Waals surface area (Å²) in [5.41, 5.74) is 3.22. The van der Waals surface area contributed by atoms with Crippen LogP contribution in [0.1, 0.15) is 51.5 Å². The third-order valence-electron chi connectivity index (χ3n) is 3.86. The Hall–Kier alpha value is -1.16. The Kier molecular flexibility index (Phi) is 3.68. The first kappa shape index (κ1) is 14.8. The van der Waals surface area contributed by atoms with Gasteiger partial charge in [0.1, 0.15) is 0 Å². The molecule has 1 saturated heterocycles. The molecule has 2 aliphatic heterocycles. The molecular weight excluding hydrogens is 264 g/mol. The summed E-state index contributed by atoms with van der Waals surface area (Å²) in [7, 11) is 0. The highest BCUT2D eigenvalue weighted by Crippen LogP contribution is 2.41. The summed E-state index contributed by atoms with van der Waals surface area (Å²) in [6, 6.07) is 8.37. The fourth-order valence-electron chi connectivity index (χ4n) is 3.41. The van der Waals surface area contributed by atoms with Gasteiger partial charge < -0.3 is 14.2 Å². The van der Waals surface area contributed by atoms with Gasteiger partial charge in [-0.15, -0.1) is 0 Å². The molecule has 0 aliphatic carbocycles. The lowest BCUT2D eigenvalue weighted by atomic mass is 9.84. The first-order chi connectivity index (χ1) is 9.86. The average Bonchev–Trinajstić information content (AvgIpc) is 2.88. The van der Waals surface area contributed by atoms with Crippen molar-refractivity contribution in [3.8, 4) is 0 Å². The minimum absolute atomic E-state index is 0.169. The van der Waals surface area contributed by atoms with Crippen LogP contribution in [-0.4, -0.2) is 24.4 Å². The highest BCUT2D eigenvalue weighted by atomic mass is 16.7. The van der Waals surface area contributed by atoms with Crippen LogP contribution in [0, 0.1) is 0 Å². The summed E-state index contributed by atoms with van der Waals surface area (Å²) in [4.78, 5) is 0.